The molecule has 4 N–H and O–H groups in total. The summed E-state index contributed by atoms with van der Waals surface area (Å²) in [6, 6.07) is 11.5. The number of fused-ring (bicyclic) bond motifs is 2. The van der Waals surface area contributed by atoms with Gasteiger partial charge in [-0.25, -0.2) is 9.97 Å². The second kappa shape index (κ2) is 4.16. The number of nitrogens with zero attached hydrogens (tertiary/aromatic N) is 2. The molecule has 0 saturated carbocycles. The van der Waals surface area contributed by atoms with E-state index in [2.05, 4.69) is 9.97 Å². The Bertz CT molecular complexity index is 861. The third-order valence-corrected chi connectivity index (χ3v) is 5.19. The highest BCUT2D eigenvalue weighted by molar-refractivity contribution is 7.27. The van der Waals surface area contributed by atoms with Crippen LogP contribution in [0, 0.1) is 0 Å². The maximum Gasteiger partial charge on any atom is 0.153 e. The summed E-state index contributed by atoms with van der Waals surface area (Å²) in [5, 5.41) is 1.84. The van der Waals surface area contributed by atoms with Gasteiger partial charge in [0.05, 0.1) is 20.4 Å². The van der Waals surface area contributed by atoms with Crippen molar-refractivity contribution in [1.29, 1.82) is 0 Å². The molecule has 98 valence electrons. The van der Waals surface area contributed by atoms with Crippen LogP contribution in [0.2, 0.25) is 0 Å². The number of rotatable bonds is 1. The Morgan fingerprint density at radius 2 is 1.15 bits per heavy atom. The molecule has 0 aliphatic rings. The summed E-state index contributed by atoms with van der Waals surface area (Å²) in [6.07, 6.45) is 0. The molecule has 4 nitrogen and oxygen atoms in total. The Morgan fingerprint density at radius 3 is 1.60 bits per heavy atom. The largest absolute Gasteiger partial charge is 0.399 e. The number of anilines is 2. The average Bonchev–Trinajstić information content (AvgIpc) is 3.00. The minimum Gasteiger partial charge on any atom is -0.399 e. The third kappa shape index (κ3) is 1.81. The Kier molecular flexibility index (Phi) is 2.42. The number of hydrogen-bond donors (Lipinski definition) is 2. The van der Waals surface area contributed by atoms with Gasteiger partial charge in [-0.1, -0.05) is 0 Å². The van der Waals surface area contributed by atoms with Crippen LogP contribution >= 0.6 is 22.7 Å². The van der Waals surface area contributed by atoms with E-state index >= 15 is 0 Å². The van der Waals surface area contributed by atoms with Crippen molar-refractivity contribution < 1.29 is 0 Å². The van der Waals surface area contributed by atoms with Gasteiger partial charge in [-0.2, -0.15) is 0 Å². The van der Waals surface area contributed by atoms with E-state index in [0.29, 0.717) is 0 Å². The molecular formula is C14H10N4S2. The van der Waals surface area contributed by atoms with E-state index in [0.717, 1.165) is 41.8 Å². The van der Waals surface area contributed by atoms with Crippen LogP contribution in [0.3, 0.4) is 0 Å². The number of aromatic nitrogens is 2. The first-order chi connectivity index (χ1) is 9.69. The standard InChI is InChI=1S/C14H10N4S2/c15-7-1-3-9-11(5-7)19-13(17-9)14-18-10-4-2-8(16)6-12(10)20-14/h1-6H,15-16H2. The van der Waals surface area contributed by atoms with E-state index in [1.54, 1.807) is 22.7 Å². The fraction of sp³-hybridized carbons (Fsp3) is 0. The Labute approximate surface area is 122 Å². The molecule has 0 aliphatic heterocycles. The molecule has 6 heteroatoms. The molecule has 0 radical (unpaired) electrons. The number of thiazole rings is 2. The molecule has 0 spiro atoms. The Morgan fingerprint density at radius 1 is 0.700 bits per heavy atom. The molecule has 0 unspecified atom stereocenters. The molecule has 2 aromatic carbocycles. The third-order valence-electron chi connectivity index (χ3n) is 3.01. The summed E-state index contributed by atoms with van der Waals surface area (Å²) in [7, 11) is 0. The predicted octanol–water partition coefficient (Wildman–Crippen LogP) is 3.74. The highest BCUT2D eigenvalue weighted by atomic mass is 32.1. The van der Waals surface area contributed by atoms with Crippen molar-refractivity contribution in [3.63, 3.8) is 0 Å². The summed E-state index contributed by atoms with van der Waals surface area (Å²) < 4.78 is 2.16. The van der Waals surface area contributed by atoms with E-state index in [4.69, 9.17) is 11.5 Å². The van der Waals surface area contributed by atoms with Crippen LogP contribution in [-0.4, -0.2) is 9.97 Å². The van der Waals surface area contributed by atoms with Gasteiger partial charge in [0.15, 0.2) is 10.0 Å². The molecule has 0 atom stereocenters. The van der Waals surface area contributed by atoms with Gasteiger partial charge in [-0.3, -0.25) is 0 Å². The maximum absolute atomic E-state index is 5.80. The van der Waals surface area contributed by atoms with Crippen LogP contribution in [0.1, 0.15) is 0 Å². The molecule has 0 aliphatic carbocycles. The monoisotopic (exact) mass is 298 g/mol. The van der Waals surface area contributed by atoms with Crippen molar-refractivity contribution in [3.8, 4) is 10.0 Å². The summed E-state index contributed by atoms with van der Waals surface area (Å²) in [4.78, 5) is 9.24. The number of nitrogens with two attached hydrogens (primary N) is 2. The Balaban J connectivity index is 1.91. The van der Waals surface area contributed by atoms with Crippen LogP contribution in [0.4, 0.5) is 11.4 Å². The van der Waals surface area contributed by atoms with Gasteiger partial charge >= 0.3 is 0 Å². The summed E-state index contributed by atoms with van der Waals surface area (Å²) in [5.41, 5.74) is 15.0. The lowest BCUT2D eigenvalue weighted by molar-refractivity contribution is 1.42. The summed E-state index contributed by atoms with van der Waals surface area (Å²) in [5.74, 6) is 0. The zero-order valence-electron chi connectivity index (χ0n) is 10.3. The van der Waals surface area contributed by atoms with Gasteiger partial charge in [0.2, 0.25) is 0 Å². The quantitative estimate of drug-likeness (QED) is 0.525. The second-order valence-electron chi connectivity index (χ2n) is 4.49. The molecule has 0 bridgehead atoms. The van der Waals surface area contributed by atoms with Gasteiger partial charge in [0.25, 0.3) is 0 Å². The van der Waals surface area contributed by atoms with Crippen molar-refractivity contribution in [3.05, 3.63) is 36.4 Å². The van der Waals surface area contributed by atoms with Crippen molar-refractivity contribution in [2.24, 2.45) is 0 Å². The molecule has 0 saturated heterocycles. The topological polar surface area (TPSA) is 77.8 Å². The normalized spacial score (nSPS) is 11.4. The lowest BCUT2D eigenvalue weighted by atomic mass is 10.3. The number of benzene rings is 2. The van der Waals surface area contributed by atoms with Gasteiger partial charge in [-0.05, 0) is 36.4 Å². The van der Waals surface area contributed by atoms with E-state index in [-0.39, 0.29) is 0 Å². The number of nitrogen functional groups attached to an aromatic ring is 2. The summed E-state index contributed by atoms with van der Waals surface area (Å²) in [6.45, 7) is 0. The molecule has 0 amide bonds. The van der Waals surface area contributed by atoms with Crippen LogP contribution in [0.25, 0.3) is 30.4 Å². The van der Waals surface area contributed by atoms with E-state index < -0.39 is 0 Å². The van der Waals surface area contributed by atoms with E-state index in [9.17, 15) is 0 Å². The average molecular weight is 298 g/mol. The lowest BCUT2D eigenvalue weighted by Gasteiger charge is -1.89. The smallest absolute Gasteiger partial charge is 0.153 e. The van der Waals surface area contributed by atoms with Gasteiger partial charge < -0.3 is 11.5 Å². The van der Waals surface area contributed by atoms with E-state index in [1.807, 2.05) is 36.4 Å². The van der Waals surface area contributed by atoms with Crippen molar-refractivity contribution in [2.45, 2.75) is 0 Å². The van der Waals surface area contributed by atoms with Crippen LogP contribution in [0.15, 0.2) is 36.4 Å². The molecule has 4 aromatic rings. The minimum absolute atomic E-state index is 0.754. The summed E-state index contributed by atoms with van der Waals surface area (Å²) >= 11 is 3.22. The van der Waals surface area contributed by atoms with Gasteiger partial charge in [-0.15, -0.1) is 22.7 Å². The molecular weight excluding hydrogens is 288 g/mol. The molecule has 2 aromatic heterocycles. The highest BCUT2D eigenvalue weighted by Gasteiger charge is 2.11. The fourth-order valence-electron chi connectivity index (χ4n) is 2.07. The zero-order valence-corrected chi connectivity index (χ0v) is 12.0. The zero-order chi connectivity index (χ0) is 13.7. The molecule has 2 heterocycles. The first kappa shape index (κ1) is 11.6. The first-order valence-electron chi connectivity index (χ1n) is 6.01. The van der Waals surface area contributed by atoms with Crippen molar-refractivity contribution >= 4 is 54.5 Å². The van der Waals surface area contributed by atoms with Crippen LogP contribution in [-0.2, 0) is 0 Å². The minimum atomic E-state index is 0.754. The van der Waals surface area contributed by atoms with Crippen molar-refractivity contribution in [1.82, 2.24) is 9.97 Å². The highest BCUT2D eigenvalue weighted by Crippen LogP contribution is 2.36. The molecule has 20 heavy (non-hydrogen) atoms. The molecule has 4 rings (SSSR count). The van der Waals surface area contributed by atoms with Crippen LogP contribution in [0.5, 0.6) is 0 Å². The SMILES string of the molecule is Nc1ccc2nc(-c3nc4ccc(N)cc4s3)sc2c1. The van der Waals surface area contributed by atoms with Gasteiger partial charge in [0.1, 0.15) is 0 Å². The second-order valence-corrected chi connectivity index (χ2v) is 6.55. The predicted molar refractivity (Wildman–Crippen MR) is 87.1 cm³/mol. The van der Waals surface area contributed by atoms with Crippen LogP contribution < -0.4 is 11.5 Å². The van der Waals surface area contributed by atoms with Crippen molar-refractivity contribution in [2.75, 3.05) is 11.5 Å². The Hall–Kier alpha value is -2.18. The lowest BCUT2D eigenvalue weighted by Crippen LogP contribution is -1.81. The fourth-order valence-corrected chi connectivity index (χ4v) is 4.11. The van der Waals surface area contributed by atoms with Gasteiger partial charge in [0, 0.05) is 11.4 Å². The number of hydrogen-bond acceptors (Lipinski definition) is 6. The van der Waals surface area contributed by atoms with E-state index in [1.165, 1.54) is 0 Å². The maximum atomic E-state index is 5.80. The first-order valence-corrected chi connectivity index (χ1v) is 7.65. The molecule has 0 fully saturated rings.